The topological polar surface area (TPSA) is 58.4 Å². The van der Waals surface area contributed by atoms with Gasteiger partial charge in [-0.05, 0) is 57.7 Å². The third-order valence-corrected chi connectivity index (χ3v) is 4.46. The number of carbonyl (C=O) groups excluding carboxylic acids is 1. The van der Waals surface area contributed by atoms with Crippen LogP contribution in [0.15, 0.2) is 0 Å². The molecule has 1 aliphatic heterocycles. The van der Waals surface area contributed by atoms with E-state index in [4.69, 9.17) is 5.73 Å². The van der Waals surface area contributed by atoms with E-state index in [1.165, 1.54) is 19.3 Å². The Bertz CT molecular complexity index is 293. The maximum absolute atomic E-state index is 11.7. The molecule has 19 heavy (non-hydrogen) atoms. The van der Waals surface area contributed by atoms with Gasteiger partial charge in [0.1, 0.15) is 5.54 Å². The van der Waals surface area contributed by atoms with Crippen molar-refractivity contribution in [1.82, 2.24) is 10.2 Å². The smallest absolute Gasteiger partial charge is 0.238 e. The van der Waals surface area contributed by atoms with Crippen LogP contribution in [0.2, 0.25) is 0 Å². The monoisotopic (exact) mass is 269 g/mol. The van der Waals surface area contributed by atoms with Crippen LogP contribution in [0.5, 0.6) is 0 Å². The highest BCUT2D eigenvalue weighted by atomic mass is 16.1. The molecule has 3 N–H and O–H groups in total. The number of carbonyl (C=O) groups is 1. The molecular formula is C15H31N3O. The number of nitrogens with zero attached hydrogens (tertiary/aromatic N) is 1. The summed E-state index contributed by atoms with van der Waals surface area (Å²) >= 11 is 0. The first kappa shape index (κ1) is 16.4. The van der Waals surface area contributed by atoms with E-state index in [0.29, 0.717) is 0 Å². The molecule has 1 aliphatic rings. The van der Waals surface area contributed by atoms with Gasteiger partial charge in [-0.3, -0.25) is 4.79 Å². The predicted octanol–water partition coefficient (Wildman–Crippen LogP) is 1.60. The fourth-order valence-corrected chi connectivity index (χ4v) is 3.06. The maximum Gasteiger partial charge on any atom is 0.238 e. The first-order valence-electron chi connectivity index (χ1n) is 7.66. The van der Waals surface area contributed by atoms with Gasteiger partial charge in [0, 0.05) is 6.54 Å². The Kier molecular flexibility index (Phi) is 6.27. The van der Waals surface area contributed by atoms with E-state index < -0.39 is 5.54 Å². The fraction of sp³-hybridized carbons (Fsp3) is 0.933. The van der Waals surface area contributed by atoms with Gasteiger partial charge in [-0.1, -0.05) is 20.8 Å². The number of primary amides is 1. The molecular weight excluding hydrogens is 238 g/mol. The molecule has 0 spiro atoms. The highest BCUT2D eigenvalue weighted by Crippen LogP contribution is 2.25. The molecule has 4 nitrogen and oxygen atoms in total. The number of nitrogens with one attached hydrogen (secondary N) is 1. The van der Waals surface area contributed by atoms with E-state index in [2.05, 4.69) is 24.1 Å². The molecule has 0 aromatic rings. The number of nitrogens with two attached hydrogens (primary N) is 1. The van der Waals surface area contributed by atoms with Crippen molar-refractivity contribution in [2.75, 3.05) is 26.2 Å². The van der Waals surface area contributed by atoms with Crippen molar-refractivity contribution < 1.29 is 4.79 Å². The van der Waals surface area contributed by atoms with E-state index in [0.717, 1.165) is 38.0 Å². The Hall–Kier alpha value is -0.610. The summed E-state index contributed by atoms with van der Waals surface area (Å²) in [4.78, 5) is 14.1. The summed E-state index contributed by atoms with van der Waals surface area (Å²) in [5.74, 6) is 1.33. The molecule has 0 aliphatic carbocycles. The molecule has 0 saturated carbocycles. The van der Waals surface area contributed by atoms with Crippen molar-refractivity contribution >= 4 is 5.91 Å². The molecule has 1 rings (SSSR count). The van der Waals surface area contributed by atoms with Gasteiger partial charge in [0.05, 0.1) is 0 Å². The lowest BCUT2D eigenvalue weighted by Gasteiger charge is -2.33. The van der Waals surface area contributed by atoms with Crippen LogP contribution in [-0.4, -0.2) is 42.5 Å². The van der Waals surface area contributed by atoms with Crippen LogP contribution in [0, 0.1) is 11.8 Å². The Morgan fingerprint density at radius 1 is 1.42 bits per heavy atom. The SMILES string of the molecule is CCNC(C)(CN1CCCC(C(C)C)CC1)C(N)=O. The van der Waals surface area contributed by atoms with Crippen LogP contribution in [-0.2, 0) is 4.79 Å². The summed E-state index contributed by atoms with van der Waals surface area (Å²) in [6.07, 6.45) is 3.77. The lowest BCUT2D eigenvalue weighted by Crippen LogP contribution is -2.59. The molecule has 1 saturated heterocycles. The molecule has 0 aromatic carbocycles. The van der Waals surface area contributed by atoms with E-state index >= 15 is 0 Å². The second-order valence-electron chi connectivity index (χ2n) is 6.44. The van der Waals surface area contributed by atoms with Gasteiger partial charge in [-0.2, -0.15) is 0 Å². The largest absolute Gasteiger partial charge is 0.368 e. The molecule has 1 fully saturated rings. The van der Waals surface area contributed by atoms with E-state index in [-0.39, 0.29) is 5.91 Å². The molecule has 1 heterocycles. The predicted molar refractivity (Wildman–Crippen MR) is 79.9 cm³/mol. The zero-order valence-electron chi connectivity index (χ0n) is 13.0. The van der Waals surface area contributed by atoms with Gasteiger partial charge >= 0.3 is 0 Å². The normalized spacial score (nSPS) is 25.0. The van der Waals surface area contributed by atoms with Crippen molar-refractivity contribution in [2.45, 2.75) is 52.5 Å². The molecule has 2 unspecified atom stereocenters. The van der Waals surface area contributed by atoms with Gasteiger partial charge in [0.2, 0.25) is 5.91 Å². The number of likely N-dealkylation sites (N-methyl/N-ethyl adjacent to an activating group) is 1. The maximum atomic E-state index is 11.7. The summed E-state index contributed by atoms with van der Waals surface area (Å²) in [5, 5.41) is 3.24. The van der Waals surface area contributed by atoms with Crippen LogP contribution >= 0.6 is 0 Å². The molecule has 1 amide bonds. The number of hydrogen-bond donors (Lipinski definition) is 2. The van der Waals surface area contributed by atoms with Gasteiger partial charge in [0.25, 0.3) is 0 Å². The lowest BCUT2D eigenvalue weighted by molar-refractivity contribution is -0.124. The Labute approximate surface area is 118 Å². The summed E-state index contributed by atoms with van der Waals surface area (Å²) < 4.78 is 0. The summed E-state index contributed by atoms with van der Waals surface area (Å²) in [6, 6.07) is 0. The number of hydrogen-bond acceptors (Lipinski definition) is 3. The van der Waals surface area contributed by atoms with Crippen molar-refractivity contribution in [3.8, 4) is 0 Å². The Morgan fingerprint density at radius 3 is 2.63 bits per heavy atom. The van der Waals surface area contributed by atoms with E-state index in [1.807, 2.05) is 13.8 Å². The molecule has 2 atom stereocenters. The minimum atomic E-state index is -0.605. The molecule has 0 bridgehead atoms. The van der Waals surface area contributed by atoms with Crippen molar-refractivity contribution in [2.24, 2.45) is 17.6 Å². The van der Waals surface area contributed by atoms with Crippen molar-refractivity contribution in [3.05, 3.63) is 0 Å². The first-order chi connectivity index (χ1) is 8.89. The highest BCUT2D eigenvalue weighted by Gasteiger charge is 2.33. The fourth-order valence-electron chi connectivity index (χ4n) is 3.06. The average Bonchev–Trinajstić information content (AvgIpc) is 2.54. The zero-order valence-corrected chi connectivity index (χ0v) is 13.0. The highest BCUT2D eigenvalue weighted by molar-refractivity contribution is 5.84. The minimum absolute atomic E-state index is 0.251. The molecule has 112 valence electrons. The second kappa shape index (κ2) is 7.25. The first-order valence-corrected chi connectivity index (χ1v) is 7.66. The Morgan fingerprint density at radius 2 is 2.11 bits per heavy atom. The second-order valence-corrected chi connectivity index (χ2v) is 6.44. The number of rotatable bonds is 6. The molecule has 0 aromatic heterocycles. The molecule has 0 radical (unpaired) electrons. The van der Waals surface area contributed by atoms with Gasteiger partial charge < -0.3 is 16.0 Å². The van der Waals surface area contributed by atoms with Crippen LogP contribution < -0.4 is 11.1 Å². The standard InChI is InChI=1S/C15H31N3O/c1-5-17-15(4,14(16)19)11-18-9-6-7-13(8-10-18)12(2)3/h12-13,17H,5-11H2,1-4H3,(H2,16,19). The Balaban J connectivity index is 2.58. The summed E-state index contributed by atoms with van der Waals surface area (Å²) in [5.41, 5.74) is 4.96. The van der Waals surface area contributed by atoms with E-state index in [9.17, 15) is 4.79 Å². The third-order valence-electron chi connectivity index (χ3n) is 4.46. The van der Waals surface area contributed by atoms with Gasteiger partial charge in [0.15, 0.2) is 0 Å². The zero-order chi connectivity index (χ0) is 14.5. The van der Waals surface area contributed by atoms with Gasteiger partial charge in [-0.25, -0.2) is 0 Å². The lowest BCUT2D eigenvalue weighted by atomic mass is 9.89. The average molecular weight is 269 g/mol. The minimum Gasteiger partial charge on any atom is -0.368 e. The third kappa shape index (κ3) is 4.77. The summed E-state index contributed by atoms with van der Waals surface area (Å²) in [7, 11) is 0. The van der Waals surface area contributed by atoms with Crippen LogP contribution in [0.1, 0.15) is 47.0 Å². The van der Waals surface area contributed by atoms with E-state index in [1.54, 1.807) is 0 Å². The quantitative estimate of drug-likeness (QED) is 0.770. The number of likely N-dealkylation sites (tertiary alicyclic amines) is 1. The van der Waals surface area contributed by atoms with Gasteiger partial charge in [-0.15, -0.1) is 0 Å². The van der Waals surface area contributed by atoms with Crippen molar-refractivity contribution in [3.63, 3.8) is 0 Å². The van der Waals surface area contributed by atoms with Crippen LogP contribution in [0.3, 0.4) is 0 Å². The summed E-state index contributed by atoms with van der Waals surface area (Å²) in [6.45, 7) is 12.2. The van der Waals surface area contributed by atoms with Crippen molar-refractivity contribution in [1.29, 1.82) is 0 Å². The van der Waals surface area contributed by atoms with Crippen LogP contribution in [0.25, 0.3) is 0 Å². The molecule has 4 heteroatoms. The number of amides is 1. The van der Waals surface area contributed by atoms with Crippen LogP contribution in [0.4, 0.5) is 0 Å².